The van der Waals surface area contributed by atoms with Gasteiger partial charge in [0.2, 0.25) is 0 Å². The number of carbonyl (C=O) groups excluding carboxylic acids is 1. The summed E-state index contributed by atoms with van der Waals surface area (Å²) in [5, 5.41) is 3.32. The van der Waals surface area contributed by atoms with Gasteiger partial charge in [-0.1, -0.05) is 6.92 Å². The van der Waals surface area contributed by atoms with Crippen LogP contribution in [0.3, 0.4) is 0 Å². The van der Waals surface area contributed by atoms with Gasteiger partial charge in [-0.15, -0.1) is 0 Å². The molecule has 0 bridgehead atoms. The van der Waals surface area contributed by atoms with Crippen molar-refractivity contribution in [2.75, 3.05) is 46.5 Å². The highest BCUT2D eigenvalue weighted by Crippen LogP contribution is 2.15. The summed E-state index contributed by atoms with van der Waals surface area (Å²) in [5.74, 6) is -0.164. The molecule has 1 unspecified atom stereocenters. The van der Waals surface area contributed by atoms with E-state index in [1.807, 2.05) is 6.92 Å². The number of methoxy groups -OCH3 is 1. The van der Waals surface area contributed by atoms with Gasteiger partial charge in [-0.2, -0.15) is 0 Å². The molecule has 0 amide bonds. The van der Waals surface area contributed by atoms with Gasteiger partial charge in [0.05, 0.1) is 20.3 Å². The second-order valence-corrected chi connectivity index (χ2v) is 5.31. The van der Waals surface area contributed by atoms with E-state index >= 15 is 0 Å². The monoisotopic (exact) mass is 272 g/mol. The van der Waals surface area contributed by atoms with Crippen molar-refractivity contribution in [3.63, 3.8) is 0 Å². The number of hydrogen-bond acceptors (Lipinski definition) is 5. The summed E-state index contributed by atoms with van der Waals surface area (Å²) in [7, 11) is 1.45. The fourth-order valence-electron chi connectivity index (χ4n) is 2.37. The van der Waals surface area contributed by atoms with Crippen LogP contribution in [0.25, 0.3) is 0 Å². The lowest BCUT2D eigenvalue weighted by Gasteiger charge is -2.30. The molecule has 1 atom stereocenters. The molecule has 0 radical (unpaired) electrons. The lowest BCUT2D eigenvalue weighted by Crippen LogP contribution is -2.51. The second-order valence-electron chi connectivity index (χ2n) is 5.31. The van der Waals surface area contributed by atoms with Crippen LogP contribution in [0.2, 0.25) is 0 Å². The minimum Gasteiger partial charge on any atom is -0.468 e. The number of morpholine rings is 1. The minimum atomic E-state index is -0.558. The first-order valence-corrected chi connectivity index (χ1v) is 7.26. The topological polar surface area (TPSA) is 50.8 Å². The molecule has 1 aliphatic rings. The van der Waals surface area contributed by atoms with Gasteiger partial charge in [-0.25, -0.2) is 0 Å². The van der Waals surface area contributed by atoms with E-state index in [1.54, 1.807) is 0 Å². The van der Waals surface area contributed by atoms with Gasteiger partial charge >= 0.3 is 5.97 Å². The van der Waals surface area contributed by atoms with Gasteiger partial charge in [0.1, 0.15) is 5.54 Å². The van der Waals surface area contributed by atoms with E-state index in [2.05, 4.69) is 17.1 Å². The lowest BCUT2D eigenvalue weighted by molar-refractivity contribution is -0.148. The number of nitrogens with one attached hydrogen (secondary N) is 1. The molecule has 0 spiro atoms. The highest BCUT2D eigenvalue weighted by Gasteiger charge is 2.33. The summed E-state index contributed by atoms with van der Waals surface area (Å²) in [6.45, 7) is 9.53. The summed E-state index contributed by atoms with van der Waals surface area (Å²) in [4.78, 5) is 14.3. The number of ether oxygens (including phenoxy) is 2. The van der Waals surface area contributed by atoms with Gasteiger partial charge < -0.3 is 14.8 Å². The van der Waals surface area contributed by atoms with Crippen molar-refractivity contribution in [2.45, 2.75) is 38.6 Å². The first kappa shape index (κ1) is 16.4. The Balaban J connectivity index is 2.36. The molecule has 1 saturated heterocycles. The molecule has 0 aromatic heterocycles. The number of carbonyl (C=O) groups is 1. The Hall–Kier alpha value is -0.650. The minimum absolute atomic E-state index is 0.164. The molecule has 1 fully saturated rings. The van der Waals surface area contributed by atoms with Gasteiger partial charge in [-0.3, -0.25) is 9.69 Å². The second kappa shape index (κ2) is 8.51. The van der Waals surface area contributed by atoms with Crippen molar-refractivity contribution in [3.05, 3.63) is 0 Å². The van der Waals surface area contributed by atoms with Gasteiger partial charge in [-0.05, 0) is 39.3 Å². The average molecular weight is 272 g/mol. The normalized spacial score (nSPS) is 19.9. The van der Waals surface area contributed by atoms with Crippen LogP contribution in [0.15, 0.2) is 0 Å². The van der Waals surface area contributed by atoms with E-state index < -0.39 is 5.54 Å². The van der Waals surface area contributed by atoms with Gasteiger partial charge in [0, 0.05) is 13.1 Å². The zero-order valence-electron chi connectivity index (χ0n) is 12.5. The average Bonchev–Trinajstić information content (AvgIpc) is 2.45. The Kier molecular flexibility index (Phi) is 7.34. The van der Waals surface area contributed by atoms with Gasteiger partial charge in [0.25, 0.3) is 0 Å². The Morgan fingerprint density at radius 1 is 1.42 bits per heavy atom. The third-order valence-electron chi connectivity index (χ3n) is 3.66. The lowest BCUT2D eigenvalue weighted by atomic mass is 9.95. The number of hydrogen-bond donors (Lipinski definition) is 1. The van der Waals surface area contributed by atoms with Crippen molar-refractivity contribution in [2.24, 2.45) is 0 Å². The Morgan fingerprint density at radius 2 is 2.11 bits per heavy atom. The summed E-state index contributed by atoms with van der Waals surface area (Å²) >= 11 is 0. The van der Waals surface area contributed by atoms with Crippen molar-refractivity contribution in [1.29, 1.82) is 0 Å². The number of rotatable bonds is 8. The van der Waals surface area contributed by atoms with Crippen LogP contribution in [0.5, 0.6) is 0 Å². The van der Waals surface area contributed by atoms with E-state index in [-0.39, 0.29) is 5.97 Å². The molecule has 0 aromatic rings. The number of esters is 1. The van der Waals surface area contributed by atoms with Gasteiger partial charge in [0.15, 0.2) is 0 Å². The maximum Gasteiger partial charge on any atom is 0.325 e. The summed E-state index contributed by atoms with van der Waals surface area (Å²) < 4.78 is 10.2. The molecule has 0 saturated carbocycles. The van der Waals surface area contributed by atoms with Crippen LogP contribution in [0.4, 0.5) is 0 Å². The molecule has 112 valence electrons. The maximum absolute atomic E-state index is 11.9. The molecule has 19 heavy (non-hydrogen) atoms. The Morgan fingerprint density at radius 3 is 2.68 bits per heavy atom. The number of nitrogens with zero attached hydrogens (tertiary/aromatic N) is 1. The molecule has 1 N–H and O–H groups in total. The van der Waals surface area contributed by atoms with Crippen LogP contribution in [-0.4, -0.2) is 62.9 Å². The van der Waals surface area contributed by atoms with Crippen molar-refractivity contribution in [1.82, 2.24) is 10.2 Å². The SMILES string of the molecule is CCCNC(C)(CCCN1CCOCC1)C(=O)OC. The van der Waals surface area contributed by atoms with Crippen LogP contribution in [0, 0.1) is 0 Å². The van der Waals surface area contributed by atoms with E-state index in [1.165, 1.54) is 7.11 Å². The Labute approximate surface area is 116 Å². The van der Waals surface area contributed by atoms with E-state index in [4.69, 9.17) is 9.47 Å². The standard InChI is InChI=1S/C14H28N2O3/c1-4-7-15-14(2,13(17)18-3)6-5-8-16-9-11-19-12-10-16/h15H,4-12H2,1-3H3. The molecule has 1 aliphatic heterocycles. The molecule has 5 nitrogen and oxygen atoms in total. The fourth-order valence-corrected chi connectivity index (χ4v) is 2.37. The molecule has 1 rings (SSSR count). The third kappa shape index (κ3) is 5.47. The zero-order chi connectivity index (χ0) is 14.1. The van der Waals surface area contributed by atoms with E-state index in [9.17, 15) is 4.79 Å². The third-order valence-corrected chi connectivity index (χ3v) is 3.66. The van der Waals surface area contributed by atoms with Crippen LogP contribution in [0.1, 0.15) is 33.1 Å². The molecule has 1 heterocycles. The van der Waals surface area contributed by atoms with Crippen LogP contribution in [-0.2, 0) is 14.3 Å². The fraction of sp³-hybridized carbons (Fsp3) is 0.929. The van der Waals surface area contributed by atoms with Crippen molar-refractivity contribution >= 4 is 5.97 Å². The predicted octanol–water partition coefficient (Wildman–Crippen LogP) is 1.03. The quantitative estimate of drug-likeness (QED) is 0.669. The zero-order valence-corrected chi connectivity index (χ0v) is 12.5. The molecule has 0 aliphatic carbocycles. The molecular formula is C14H28N2O3. The predicted molar refractivity (Wildman–Crippen MR) is 75.2 cm³/mol. The molecule has 5 heteroatoms. The summed E-state index contributed by atoms with van der Waals surface area (Å²) in [6.07, 6.45) is 2.80. The summed E-state index contributed by atoms with van der Waals surface area (Å²) in [6, 6.07) is 0. The van der Waals surface area contributed by atoms with Crippen LogP contribution >= 0.6 is 0 Å². The largest absolute Gasteiger partial charge is 0.468 e. The molecule has 0 aromatic carbocycles. The maximum atomic E-state index is 11.9. The van der Waals surface area contributed by atoms with Crippen LogP contribution < -0.4 is 5.32 Å². The smallest absolute Gasteiger partial charge is 0.325 e. The van der Waals surface area contributed by atoms with E-state index in [0.717, 1.165) is 58.7 Å². The molecular weight excluding hydrogens is 244 g/mol. The highest BCUT2D eigenvalue weighted by atomic mass is 16.5. The first-order chi connectivity index (χ1) is 9.12. The summed E-state index contributed by atoms with van der Waals surface area (Å²) in [5.41, 5.74) is -0.558. The van der Waals surface area contributed by atoms with Crippen molar-refractivity contribution in [3.8, 4) is 0 Å². The highest BCUT2D eigenvalue weighted by molar-refractivity contribution is 5.80. The first-order valence-electron chi connectivity index (χ1n) is 7.26. The van der Waals surface area contributed by atoms with Crippen molar-refractivity contribution < 1.29 is 14.3 Å². The van der Waals surface area contributed by atoms with E-state index in [0.29, 0.717) is 0 Å². The Bertz CT molecular complexity index is 267.